The molecule has 0 aromatic rings. The molecule has 0 saturated heterocycles. The van der Waals surface area contributed by atoms with E-state index in [1.165, 1.54) is 12.4 Å². The molecule has 0 aliphatic carbocycles. The number of Topliss-reactive ketones (excluding diaryl/α,β-unsaturated/α-hetero) is 1. The van der Waals surface area contributed by atoms with Gasteiger partial charge < -0.3 is 5.73 Å². The molecule has 0 bridgehead atoms. The van der Waals surface area contributed by atoms with Crippen molar-refractivity contribution in [2.45, 2.75) is 33.2 Å². The summed E-state index contributed by atoms with van der Waals surface area (Å²) in [7, 11) is 0. The van der Waals surface area contributed by atoms with Gasteiger partial charge in [0, 0.05) is 18.3 Å². The maximum absolute atomic E-state index is 11.6. The summed E-state index contributed by atoms with van der Waals surface area (Å²) in [5, 5.41) is 0.347. The number of hydrogen-bond donors (Lipinski definition) is 1. The zero-order valence-electron chi connectivity index (χ0n) is 8.83. The minimum Gasteiger partial charge on any atom is -0.403 e. The first-order valence-corrected chi connectivity index (χ1v) is 5.05. The maximum atomic E-state index is 11.6. The molecular formula is C10H17ClN2O. The Morgan fingerprint density at radius 1 is 1.57 bits per heavy atom. The predicted molar refractivity (Wildman–Crippen MR) is 60.5 cm³/mol. The lowest BCUT2D eigenvalue weighted by molar-refractivity contribution is -0.123. The summed E-state index contributed by atoms with van der Waals surface area (Å²) in [5.74, 6) is 0.128. The van der Waals surface area contributed by atoms with Crippen molar-refractivity contribution in [3.63, 3.8) is 0 Å². The largest absolute Gasteiger partial charge is 0.403 e. The van der Waals surface area contributed by atoms with Gasteiger partial charge >= 0.3 is 0 Å². The summed E-state index contributed by atoms with van der Waals surface area (Å²) in [6.07, 6.45) is 3.36. The van der Waals surface area contributed by atoms with Crippen molar-refractivity contribution in [2.75, 3.05) is 0 Å². The first-order valence-electron chi connectivity index (χ1n) is 4.67. The third kappa shape index (κ3) is 4.42. The highest BCUT2D eigenvalue weighted by Gasteiger charge is 2.17. The molecule has 0 rings (SSSR count). The fourth-order valence-corrected chi connectivity index (χ4v) is 1.03. The number of carbonyl (C=O) groups is 1. The molecular weight excluding hydrogens is 200 g/mol. The van der Waals surface area contributed by atoms with Crippen LogP contribution in [0.4, 0.5) is 0 Å². The summed E-state index contributed by atoms with van der Waals surface area (Å²) in [6.45, 7) is 5.64. The van der Waals surface area contributed by atoms with Crippen molar-refractivity contribution in [2.24, 2.45) is 16.6 Å². The smallest absolute Gasteiger partial charge is 0.159 e. The van der Waals surface area contributed by atoms with Crippen LogP contribution in [-0.2, 0) is 4.79 Å². The molecule has 0 heterocycles. The van der Waals surface area contributed by atoms with Gasteiger partial charge in [0.15, 0.2) is 5.78 Å². The van der Waals surface area contributed by atoms with Crippen LogP contribution in [0.5, 0.6) is 0 Å². The first-order chi connectivity index (χ1) is 6.52. The Hall–Kier alpha value is -0.830. The number of carbonyl (C=O) groups excluding carboxylic acids is 1. The van der Waals surface area contributed by atoms with Crippen molar-refractivity contribution in [3.8, 4) is 0 Å². The molecule has 0 aromatic carbocycles. The normalized spacial score (nSPS) is 15.1. The van der Waals surface area contributed by atoms with Gasteiger partial charge in [-0.05, 0) is 6.42 Å². The zero-order chi connectivity index (χ0) is 11.1. The SMILES string of the molecule is CCC(N=C/C(Cl)=C\N)C(=O)C(C)C. The fraction of sp³-hybridized carbons (Fsp3) is 0.600. The number of nitrogens with two attached hydrogens (primary N) is 1. The van der Waals surface area contributed by atoms with Gasteiger partial charge in [0.2, 0.25) is 0 Å². The minimum absolute atomic E-state index is 0.00210. The van der Waals surface area contributed by atoms with Crippen LogP contribution < -0.4 is 5.73 Å². The van der Waals surface area contributed by atoms with Crippen molar-refractivity contribution in [3.05, 3.63) is 11.2 Å². The molecule has 1 unspecified atom stereocenters. The molecule has 4 heteroatoms. The molecule has 80 valence electrons. The van der Waals surface area contributed by atoms with Crippen molar-refractivity contribution in [1.29, 1.82) is 0 Å². The Morgan fingerprint density at radius 2 is 2.14 bits per heavy atom. The van der Waals surface area contributed by atoms with Gasteiger partial charge in [0.05, 0.1) is 5.03 Å². The minimum atomic E-state index is -0.302. The molecule has 0 aliphatic heterocycles. The van der Waals surface area contributed by atoms with E-state index in [0.717, 1.165) is 0 Å². The predicted octanol–water partition coefficient (Wildman–Crippen LogP) is 2.10. The molecule has 1 atom stereocenters. The monoisotopic (exact) mass is 216 g/mol. The van der Waals surface area contributed by atoms with Gasteiger partial charge in [0.1, 0.15) is 6.04 Å². The van der Waals surface area contributed by atoms with Crippen molar-refractivity contribution in [1.82, 2.24) is 0 Å². The summed E-state index contributed by atoms with van der Waals surface area (Å²) in [4.78, 5) is 15.6. The third-order valence-electron chi connectivity index (χ3n) is 1.82. The summed E-state index contributed by atoms with van der Waals surface area (Å²) in [5.41, 5.74) is 5.17. The van der Waals surface area contributed by atoms with Crippen LogP contribution in [0, 0.1) is 5.92 Å². The Balaban J connectivity index is 4.44. The average molecular weight is 217 g/mol. The maximum Gasteiger partial charge on any atom is 0.159 e. The van der Waals surface area contributed by atoms with E-state index in [4.69, 9.17) is 17.3 Å². The van der Waals surface area contributed by atoms with Gasteiger partial charge in [0.25, 0.3) is 0 Å². The van der Waals surface area contributed by atoms with Crippen LogP contribution in [-0.4, -0.2) is 18.0 Å². The van der Waals surface area contributed by atoms with Crippen LogP contribution in [0.3, 0.4) is 0 Å². The van der Waals surface area contributed by atoms with Gasteiger partial charge in [-0.15, -0.1) is 0 Å². The molecule has 0 saturated carbocycles. The summed E-state index contributed by atoms with van der Waals surface area (Å²) < 4.78 is 0. The van der Waals surface area contributed by atoms with Gasteiger partial charge in [-0.25, -0.2) is 0 Å². The van der Waals surface area contributed by atoms with Crippen LogP contribution in [0.1, 0.15) is 27.2 Å². The van der Waals surface area contributed by atoms with Crippen LogP contribution in [0.15, 0.2) is 16.2 Å². The molecule has 0 radical (unpaired) electrons. The van der Waals surface area contributed by atoms with Crippen LogP contribution >= 0.6 is 11.6 Å². The molecule has 3 nitrogen and oxygen atoms in total. The van der Waals surface area contributed by atoms with E-state index in [1.54, 1.807) is 0 Å². The van der Waals surface area contributed by atoms with Crippen LogP contribution in [0.25, 0.3) is 0 Å². The number of hydrogen-bond acceptors (Lipinski definition) is 3. The average Bonchev–Trinajstić information content (AvgIpc) is 2.17. The number of ketones is 1. The van der Waals surface area contributed by atoms with Gasteiger partial charge in [-0.3, -0.25) is 9.79 Å². The third-order valence-corrected chi connectivity index (χ3v) is 2.04. The molecule has 0 aromatic heterocycles. The highest BCUT2D eigenvalue weighted by atomic mass is 35.5. The van der Waals surface area contributed by atoms with E-state index in [-0.39, 0.29) is 17.7 Å². The van der Waals surface area contributed by atoms with Gasteiger partial charge in [-0.2, -0.15) is 0 Å². The Bertz CT molecular complexity index is 247. The molecule has 0 spiro atoms. The standard InChI is InChI=1S/C10H17ClN2O/c1-4-9(10(14)7(2)3)13-6-8(11)5-12/h5-7,9H,4,12H2,1-3H3/b8-5+,13-6?. The quantitative estimate of drug-likeness (QED) is 0.716. The highest BCUT2D eigenvalue weighted by molar-refractivity contribution is 6.39. The molecule has 0 amide bonds. The van der Waals surface area contributed by atoms with E-state index in [0.29, 0.717) is 11.5 Å². The fourth-order valence-electron chi connectivity index (χ4n) is 0.969. The molecule has 0 aliphatic rings. The summed E-state index contributed by atoms with van der Waals surface area (Å²) >= 11 is 5.63. The van der Waals surface area contributed by atoms with Crippen molar-refractivity contribution < 1.29 is 4.79 Å². The van der Waals surface area contributed by atoms with E-state index >= 15 is 0 Å². The zero-order valence-corrected chi connectivity index (χ0v) is 9.58. The topological polar surface area (TPSA) is 55.4 Å². The lowest BCUT2D eigenvalue weighted by Gasteiger charge is -2.10. The first kappa shape index (κ1) is 13.2. The number of nitrogens with zero attached hydrogens (tertiary/aromatic N) is 1. The second-order valence-electron chi connectivity index (χ2n) is 3.31. The lowest BCUT2D eigenvalue weighted by Crippen LogP contribution is -2.22. The Labute approximate surface area is 90.0 Å². The van der Waals surface area contributed by atoms with E-state index in [2.05, 4.69) is 4.99 Å². The van der Waals surface area contributed by atoms with E-state index in [1.807, 2.05) is 20.8 Å². The Kier molecular flexibility index (Phi) is 6.21. The van der Waals surface area contributed by atoms with E-state index in [9.17, 15) is 4.79 Å². The Morgan fingerprint density at radius 3 is 2.50 bits per heavy atom. The second-order valence-corrected chi connectivity index (χ2v) is 3.75. The molecule has 0 fully saturated rings. The van der Waals surface area contributed by atoms with Crippen molar-refractivity contribution >= 4 is 23.6 Å². The van der Waals surface area contributed by atoms with Gasteiger partial charge in [-0.1, -0.05) is 32.4 Å². The van der Waals surface area contributed by atoms with E-state index < -0.39 is 0 Å². The number of allylic oxidation sites excluding steroid dienone is 1. The van der Waals surface area contributed by atoms with Crippen LogP contribution in [0.2, 0.25) is 0 Å². The number of rotatable bonds is 5. The summed E-state index contributed by atoms with van der Waals surface area (Å²) in [6, 6.07) is -0.302. The second kappa shape index (κ2) is 6.60. The molecule has 14 heavy (non-hydrogen) atoms. The number of halogens is 1. The lowest BCUT2D eigenvalue weighted by atomic mass is 10.0. The molecule has 2 N–H and O–H groups in total. The number of aliphatic imine (C=N–C) groups is 1. The highest BCUT2D eigenvalue weighted by Crippen LogP contribution is 2.07.